The predicted molar refractivity (Wildman–Crippen MR) is 68.3 cm³/mol. The molecule has 1 rings (SSSR count). The van der Waals surface area contributed by atoms with Crippen molar-refractivity contribution in [2.24, 2.45) is 11.7 Å². The van der Waals surface area contributed by atoms with Gasteiger partial charge in [-0.3, -0.25) is 4.79 Å². The fourth-order valence-corrected chi connectivity index (χ4v) is 1.65. The molecule has 0 bridgehead atoms. The van der Waals surface area contributed by atoms with Crippen molar-refractivity contribution in [1.82, 2.24) is 4.90 Å². The standard InChI is InChI=1S/C13H18F2N2O2/c1-9(7-16)8-17(2)12(18)10-4-3-5-11(6-10)19-13(14)15/h3-6,9,13H,7-8,16H2,1-2H3. The Labute approximate surface area is 111 Å². The van der Waals surface area contributed by atoms with Crippen molar-refractivity contribution in [3.8, 4) is 5.75 Å². The van der Waals surface area contributed by atoms with Crippen LogP contribution in [0.3, 0.4) is 0 Å². The molecule has 0 saturated heterocycles. The number of hydrogen-bond donors (Lipinski definition) is 1. The minimum atomic E-state index is -2.90. The summed E-state index contributed by atoms with van der Waals surface area (Å²) >= 11 is 0. The molecule has 0 heterocycles. The number of rotatable bonds is 6. The number of halogens is 2. The van der Waals surface area contributed by atoms with Crippen molar-refractivity contribution in [1.29, 1.82) is 0 Å². The SMILES string of the molecule is CC(CN)CN(C)C(=O)c1cccc(OC(F)F)c1. The molecule has 1 amide bonds. The van der Waals surface area contributed by atoms with Gasteiger partial charge in [0.2, 0.25) is 0 Å². The van der Waals surface area contributed by atoms with Gasteiger partial charge in [0.1, 0.15) is 5.75 Å². The minimum Gasteiger partial charge on any atom is -0.435 e. The third-order valence-electron chi connectivity index (χ3n) is 2.64. The van der Waals surface area contributed by atoms with Gasteiger partial charge in [0.05, 0.1) is 0 Å². The van der Waals surface area contributed by atoms with E-state index in [4.69, 9.17) is 5.73 Å². The molecular weight excluding hydrogens is 254 g/mol. The van der Waals surface area contributed by atoms with E-state index in [0.29, 0.717) is 18.7 Å². The van der Waals surface area contributed by atoms with E-state index < -0.39 is 6.61 Å². The van der Waals surface area contributed by atoms with Crippen LogP contribution in [0.4, 0.5) is 8.78 Å². The summed E-state index contributed by atoms with van der Waals surface area (Å²) in [4.78, 5) is 13.6. The Hall–Kier alpha value is -1.69. The first-order valence-corrected chi connectivity index (χ1v) is 5.94. The summed E-state index contributed by atoms with van der Waals surface area (Å²) in [5.41, 5.74) is 5.81. The van der Waals surface area contributed by atoms with Crippen LogP contribution in [0.1, 0.15) is 17.3 Å². The van der Waals surface area contributed by atoms with Gasteiger partial charge in [-0.15, -0.1) is 0 Å². The minimum absolute atomic E-state index is 0.0267. The number of alkyl halides is 2. The second kappa shape index (κ2) is 7.04. The van der Waals surface area contributed by atoms with Crippen LogP contribution in [0.2, 0.25) is 0 Å². The van der Waals surface area contributed by atoms with E-state index in [9.17, 15) is 13.6 Å². The zero-order valence-electron chi connectivity index (χ0n) is 11.0. The zero-order valence-corrected chi connectivity index (χ0v) is 11.0. The van der Waals surface area contributed by atoms with Gasteiger partial charge in [-0.25, -0.2) is 0 Å². The summed E-state index contributed by atoms with van der Waals surface area (Å²) in [6.07, 6.45) is 0. The van der Waals surface area contributed by atoms with Crippen molar-refractivity contribution in [3.63, 3.8) is 0 Å². The third-order valence-corrected chi connectivity index (χ3v) is 2.64. The molecule has 1 aromatic carbocycles. The van der Waals surface area contributed by atoms with Crippen LogP contribution in [-0.4, -0.2) is 37.6 Å². The molecule has 0 aliphatic rings. The highest BCUT2D eigenvalue weighted by molar-refractivity contribution is 5.94. The molecule has 1 unspecified atom stereocenters. The summed E-state index contributed by atoms with van der Waals surface area (Å²) in [6, 6.07) is 5.75. The van der Waals surface area contributed by atoms with Crippen molar-refractivity contribution < 1.29 is 18.3 Å². The van der Waals surface area contributed by atoms with Crippen LogP contribution in [-0.2, 0) is 0 Å². The molecule has 1 aromatic rings. The number of nitrogens with zero attached hydrogens (tertiary/aromatic N) is 1. The Morgan fingerprint density at radius 3 is 2.74 bits per heavy atom. The lowest BCUT2D eigenvalue weighted by molar-refractivity contribution is -0.0499. The molecule has 0 fully saturated rings. The third kappa shape index (κ3) is 4.82. The largest absolute Gasteiger partial charge is 0.435 e. The lowest BCUT2D eigenvalue weighted by atomic mass is 10.1. The summed E-state index contributed by atoms with van der Waals surface area (Å²) in [6.45, 7) is 0.0157. The Morgan fingerprint density at radius 1 is 1.47 bits per heavy atom. The molecular formula is C13H18F2N2O2. The van der Waals surface area contributed by atoms with Gasteiger partial charge in [-0.2, -0.15) is 8.78 Å². The van der Waals surface area contributed by atoms with Gasteiger partial charge in [0.25, 0.3) is 5.91 Å². The molecule has 4 nitrogen and oxygen atoms in total. The summed E-state index contributed by atoms with van der Waals surface area (Å²) in [7, 11) is 1.65. The lowest BCUT2D eigenvalue weighted by Gasteiger charge is -2.21. The normalized spacial score (nSPS) is 12.3. The molecule has 0 aromatic heterocycles. The van der Waals surface area contributed by atoms with E-state index in [1.165, 1.54) is 23.1 Å². The molecule has 0 aliphatic heterocycles. The highest BCUT2D eigenvalue weighted by Crippen LogP contribution is 2.17. The van der Waals surface area contributed by atoms with Gasteiger partial charge in [-0.05, 0) is 30.7 Å². The van der Waals surface area contributed by atoms with Crippen LogP contribution >= 0.6 is 0 Å². The van der Waals surface area contributed by atoms with Crippen molar-refractivity contribution >= 4 is 5.91 Å². The van der Waals surface area contributed by atoms with E-state index >= 15 is 0 Å². The number of hydrogen-bond acceptors (Lipinski definition) is 3. The van der Waals surface area contributed by atoms with Crippen LogP contribution in [0.15, 0.2) is 24.3 Å². The second-order valence-corrected chi connectivity index (χ2v) is 4.43. The monoisotopic (exact) mass is 272 g/mol. The molecule has 0 aliphatic carbocycles. The summed E-state index contributed by atoms with van der Waals surface area (Å²) < 4.78 is 28.5. The number of benzene rings is 1. The fourth-order valence-electron chi connectivity index (χ4n) is 1.65. The first-order valence-electron chi connectivity index (χ1n) is 5.94. The average molecular weight is 272 g/mol. The van der Waals surface area contributed by atoms with Crippen LogP contribution in [0.25, 0.3) is 0 Å². The fraction of sp³-hybridized carbons (Fsp3) is 0.462. The maximum absolute atomic E-state index is 12.1. The molecule has 2 N–H and O–H groups in total. The van der Waals surface area contributed by atoms with E-state index in [2.05, 4.69) is 4.74 Å². The smallest absolute Gasteiger partial charge is 0.387 e. The van der Waals surface area contributed by atoms with Gasteiger partial charge >= 0.3 is 6.61 Å². The average Bonchev–Trinajstić information content (AvgIpc) is 2.37. The number of carbonyl (C=O) groups is 1. The Kier molecular flexibility index (Phi) is 5.69. The van der Waals surface area contributed by atoms with Crippen LogP contribution in [0.5, 0.6) is 5.75 Å². The van der Waals surface area contributed by atoms with Crippen molar-refractivity contribution in [2.75, 3.05) is 20.1 Å². The van der Waals surface area contributed by atoms with Crippen molar-refractivity contribution in [2.45, 2.75) is 13.5 Å². The summed E-state index contributed by atoms with van der Waals surface area (Å²) in [5, 5.41) is 0. The van der Waals surface area contributed by atoms with Crippen LogP contribution in [0, 0.1) is 5.92 Å². The Bertz CT molecular complexity index is 427. The highest BCUT2D eigenvalue weighted by Gasteiger charge is 2.15. The van der Waals surface area contributed by atoms with Gasteiger partial charge in [0.15, 0.2) is 0 Å². The number of amides is 1. The van der Waals surface area contributed by atoms with E-state index in [-0.39, 0.29) is 17.6 Å². The summed E-state index contributed by atoms with van der Waals surface area (Å²) in [5.74, 6) is -0.101. The predicted octanol–water partition coefficient (Wildman–Crippen LogP) is 1.95. The Balaban J connectivity index is 2.76. The first-order chi connectivity index (χ1) is 8.93. The molecule has 0 radical (unpaired) electrons. The zero-order chi connectivity index (χ0) is 14.4. The highest BCUT2D eigenvalue weighted by atomic mass is 19.3. The number of nitrogens with two attached hydrogens (primary N) is 1. The quantitative estimate of drug-likeness (QED) is 0.861. The van der Waals surface area contributed by atoms with Crippen LogP contribution < -0.4 is 10.5 Å². The molecule has 106 valence electrons. The van der Waals surface area contributed by atoms with E-state index in [1.807, 2.05) is 6.92 Å². The molecule has 0 saturated carbocycles. The van der Waals surface area contributed by atoms with Gasteiger partial charge in [-0.1, -0.05) is 13.0 Å². The number of ether oxygens (including phenoxy) is 1. The molecule has 19 heavy (non-hydrogen) atoms. The molecule has 0 spiro atoms. The molecule has 6 heteroatoms. The maximum atomic E-state index is 12.1. The van der Waals surface area contributed by atoms with E-state index in [1.54, 1.807) is 13.1 Å². The first kappa shape index (κ1) is 15.4. The lowest BCUT2D eigenvalue weighted by Crippen LogP contribution is -2.33. The maximum Gasteiger partial charge on any atom is 0.387 e. The van der Waals surface area contributed by atoms with Crippen molar-refractivity contribution in [3.05, 3.63) is 29.8 Å². The molecule has 1 atom stereocenters. The Morgan fingerprint density at radius 2 is 2.16 bits per heavy atom. The topological polar surface area (TPSA) is 55.6 Å². The number of carbonyl (C=O) groups excluding carboxylic acids is 1. The van der Waals surface area contributed by atoms with E-state index in [0.717, 1.165) is 0 Å². The second-order valence-electron chi connectivity index (χ2n) is 4.43. The van der Waals surface area contributed by atoms with Gasteiger partial charge in [0, 0.05) is 19.2 Å². The van der Waals surface area contributed by atoms with Gasteiger partial charge < -0.3 is 15.4 Å².